The predicted octanol–water partition coefficient (Wildman–Crippen LogP) is 3.73. The fraction of sp³-hybridized carbons (Fsp3) is 0.286. The van der Waals surface area contributed by atoms with Crippen LogP contribution in [-0.4, -0.2) is 35.9 Å². The second-order valence-corrected chi connectivity index (χ2v) is 6.68. The molecule has 0 bridgehead atoms. The molecule has 0 aromatic heterocycles. The van der Waals surface area contributed by atoms with E-state index in [1.807, 2.05) is 19.9 Å². The van der Waals surface area contributed by atoms with Gasteiger partial charge in [0.15, 0.2) is 6.10 Å². The van der Waals surface area contributed by atoms with Crippen LogP contribution in [0.2, 0.25) is 0 Å². The minimum Gasteiger partial charge on any atom is -0.465 e. The number of hydrogen-bond donors (Lipinski definition) is 0. The molecule has 0 unspecified atom stereocenters. The van der Waals surface area contributed by atoms with Gasteiger partial charge in [0.1, 0.15) is 0 Å². The maximum absolute atomic E-state index is 12.7. The number of nitrogens with zero attached hydrogens (tertiary/aromatic N) is 1. The molecule has 0 spiro atoms. The number of hydrogen-bond acceptors (Lipinski definition) is 7. The Morgan fingerprint density at radius 1 is 0.897 bits per heavy atom. The molecule has 2 aromatic carbocycles. The Labute approximate surface area is 167 Å². The quantitative estimate of drug-likeness (QED) is 0.315. The van der Waals surface area contributed by atoms with Gasteiger partial charge in [-0.3, -0.25) is 14.9 Å². The number of esters is 2. The molecule has 0 heterocycles. The number of aryl methyl sites for hydroxylation is 3. The molecule has 0 saturated heterocycles. The first-order valence-corrected chi connectivity index (χ1v) is 8.76. The lowest BCUT2D eigenvalue weighted by Gasteiger charge is -2.15. The van der Waals surface area contributed by atoms with Crippen LogP contribution in [0, 0.1) is 30.9 Å². The van der Waals surface area contributed by atoms with Gasteiger partial charge >= 0.3 is 11.9 Å². The minimum atomic E-state index is -1.12. The summed E-state index contributed by atoms with van der Waals surface area (Å²) in [7, 11) is 1.12. The number of nitro benzene ring substituents is 1. The van der Waals surface area contributed by atoms with Crippen LogP contribution in [0.3, 0.4) is 0 Å². The van der Waals surface area contributed by atoms with Crippen LogP contribution in [-0.2, 0) is 9.47 Å². The Kier molecular flexibility index (Phi) is 6.48. The van der Waals surface area contributed by atoms with E-state index in [2.05, 4.69) is 4.74 Å². The summed E-state index contributed by atoms with van der Waals surface area (Å²) in [5, 5.41) is 11.1. The van der Waals surface area contributed by atoms with E-state index in [-0.39, 0.29) is 11.1 Å². The molecule has 1 atom stereocenters. The summed E-state index contributed by atoms with van der Waals surface area (Å²) in [6, 6.07) is 6.71. The molecule has 0 N–H and O–H groups in total. The molecule has 152 valence electrons. The number of Topliss-reactive ketones (excluding diaryl/α,β-unsaturated/α-hetero) is 1. The number of carbonyl (C=O) groups excluding carboxylic acids is 3. The summed E-state index contributed by atoms with van der Waals surface area (Å²) in [4.78, 5) is 47.3. The van der Waals surface area contributed by atoms with Crippen molar-refractivity contribution in [2.24, 2.45) is 0 Å². The Hall–Kier alpha value is -3.55. The zero-order chi connectivity index (χ0) is 21.9. The smallest absolute Gasteiger partial charge is 0.339 e. The molecular weight excluding hydrogens is 378 g/mol. The number of benzene rings is 2. The molecule has 0 aliphatic carbocycles. The topological polar surface area (TPSA) is 113 Å². The van der Waals surface area contributed by atoms with Crippen molar-refractivity contribution in [1.82, 2.24) is 0 Å². The fourth-order valence-electron chi connectivity index (χ4n) is 2.80. The minimum absolute atomic E-state index is 0.169. The van der Waals surface area contributed by atoms with E-state index in [1.54, 1.807) is 13.0 Å². The SMILES string of the molecule is COC(=O)c1cc(C(=O)O[C@@H](C)C(=O)c2cc(C)c(C)cc2C)cc([N+](=O)[O-])c1. The van der Waals surface area contributed by atoms with Crippen molar-refractivity contribution < 1.29 is 28.8 Å². The van der Waals surface area contributed by atoms with Crippen molar-refractivity contribution in [3.63, 3.8) is 0 Å². The molecule has 0 radical (unpaired) electrons. The third-order valence-corrected chi connectivity index (χ3v) is 4.54. The van der Waals surface area contributed by atoms with Gasteiger partial charge in [0.2, 0.25) is 5.78 Å². The highest BCUT2D eigenvalue weighted by Crippen LogP contribution is 2.21. The van der Waals surface area contributed by atoms with Crippen LogP contribution >= 0.6 is 0 Å². The Morgan fingerprint density at radius 3 is 2.00 bits per heavy atom. The maximum atomic E-state index is 12.7. The zero-order valence-electron chi connectivity index (χ0n) is 16.8. The number of methoxy groups -OCH3 is 1. The number of ketones is 1. The second kappa shape index (κ2) is 8.64. The first kappa shape index (κ1) is 21.7. The highest BCUT2D eigenvalue weighted by molar-refractivity contribution is 6.03. The molecule has 0 fully saturated rings. The van der Waals surface area contributed by atoms with Crippen LogP contribution in [0.1, 0.15) is 54.7 Å². The first-order valence-electron chi connectivity index (χ1n) is 8.76. The average Bonchev–Trinajstić information content (AvgIpc) is 2.68. The van der Waals surface area contributed by atoms with E-state index in [9.17, 15) is 24.5 Å². The standard InChI is InChI=1S/C21H21NO7/c1-11-6-13(3)18(7-12(11)2)19(23)14(4)29-21(25)16-8-15(20(24)28-5)9-17(10-16)22(26)27/h6-10,14H,1-5H3/t14-/m0/s1. The van der Waals surface area contributed by atoms with E-state index in [0.717, 1.165) is 42.0 Å². The van der Waals surface area contributed by atoms with Crippen molar-refractivity contribution in [2.75, 3.05) is 7.11 Å². The molecule has 0 amide bonds. The van der Waals surface area contributed by atoms with Gasteiger partial charge in [-0.1, -0.05) is 6.07 Å². The summed E-state index contributed by atoms with van der Waals surface area (Å²) in [5.74, 6) is -2.18. The monoisotopic (exact) mass is 399 g/mol. The summed E-state index contributed by atoms with van der Waals surface area (Å²) in [5.41, 5.74) is 2.29. The Balaban J connectivity index is 2.30. The van der Waals surface area contributed by atoms with Gasteiger partial charge in [-0.05, 0) is 56.5 Å². The van der Waals surface area contributed by atoms with E-state index in [1.165, 1.54) is 6.92 Å². The lowest BCUT2D eigenvalue weighted by atomic mass is 9.96. The summed E-state index contributed by atoms with van der Waals surface area (Å²) in [6.45, 7) is 7.02. The third-order valence-electron chi connectivity index (χ3n) is 4.54. The van der Waals surface area contributed by atoms with Crippen LogP contribution in [0.5, 0.6) is 0 Å². The van der Waals surface area contributed by atoms with Crippen molar-refractivity contribution >= 4 is 23.4 Å². The summed E-state index contributed by atoms with van der Waals surface area (Å²) >= 11 is 0. The van der Waals surface area contributed by atoms with E-state index >= 15 is 0 Å². The van der Waals surface area contributed by atoms with E-state index < -0.39 is 34.4 Å². The van der Waals surface area contributed by atoms with Crippen molar-refractivity contribution in [3.8, 4) is 0 Å². The molecular formula is C21H21NO7. The highest BCUT2D eigenvalue weighted by atomic mass is 16.6. The van der Waals surface area contributed by atoms with Gasteiger partial charge in [-0.25, -0.2) is 9.59 Å². The zero-order valence-corrected chi connectivity index (χ0v) is 16.8. The van der Waals surface area contributed by atoms with E-state index in [4.69, 9.17) is 4.74 Å². The number of ether oxygens (including phenoxy) is 2. The summed E-state index contributed by atoms with van der Waals surface area (Å²) in [6.07, 6.45) is -1.12. The van der Waals surface area contributed by atoms with Gasteiger partial charge in [-0.2, -0.15) is 0 Å². The van der Waals surface area contributed by atoms with Crippen molar-refractivity contribution in [2.45, 2.75) is 33.8 Å². The molecule has 8 nitrogen and oxygen atoms in total. The molecule has 0 aliphatic rings. The molecule has 0 aliphatic heterocycles. The molecule has 2 rings (SSSR count). The average molecular weight is 399 g/mol. The third kappa shape index (κ3) is 4.84. The Morgan fingerprint density at radius 2 is 1.45 bits per heavy atom. The van der Waals surface area contributed by atoms with Crippen LogP contribution in [0.25, 0.3) is 0 Å². The number of carbonyl (C=O) groups is 3. The largest absolute Gasteiger partial charge is 0.465 e. The van der Waals surface area contributed by atoms with Crippen molar-refractivity contribution in [3.05, 3.63) is 73.8 Å². The lowest BCUT2D eigenvalue weighted by molar-refractivity contribution is -0.384. The maximum Gasteiger partial charge on any atom is 0.339 e. The van der Waals surface area contributed by atoms with Gasteiger partial charge in [0, 0.05) is 17.7 Å². The number of nitro groups is 1. The number of rotatable bonds is 6. The highest BCUT2D eigenvalue weighted by Gasteiger charge is 2.25. The molecule has 8 heteroatoms. The van der Waals surface area contributed by atoms with Gasteiger partial charge in [-0.15, -0.1) is 0 Å². The molecule has 29 heavy (non-hydrogen) atoms. The van der Waals surface area contributed by atoms with Gasteiger partial charge in [0.25, 0.3) is 5.69 Å². The number of non-ortho nitro benzene ring substituents is 1. The van der Waals surface area contributed by atoms with Crippen molar-refractivity contribution in [1.29, 1.82) is 0 Å². The van der Waals surface area contributed by atoms with Crippen LogP contribution in [0.15, 0.2) is 30.3 Å². The Bertz CT molecular complexity index is 1010. The predicted molar refractivity (Wildman–Crippen MR) is 104 cm³/mol. The van der Waals surface area contributed by atoms with Crippen LogP contribution in [0.4, 0.5) is 5.69 Å². The second-order valence-electron chi connectivity index (χ2n) is 6.68. The molecule has 2 aromatic rings. The fourth-order valence-corrected chi connectivity index (χ4v) is 2.80. The molecule has 0 saturated carbocycles. The van der Waals surface area contributed by atoms with Crippen LogP contribution < -0.4 is 0 Å². The lowest BCUT2D eigenvalue weighted by Crippen LogP contribution is -2.25. The normalized spacial score (nSPS) is 11.5. The first-order chi connectivity index (χ1) is 13.5. The van der Waals surface area contributed by atoms with Gasteiger partial charge in [0.05, 0.1) is 23.2 Å². The van der Waals surface area contributed by atoms with Gasteiger partial charge < -0.3 is 9.47 Å². The van der Waals surface area contributed by atoms with E-state index in [0.29, 0.717) is 5.56 Å². The summed E-state index contributed by atoms with van der Waals surface area (Å²) < 4.78 is 9.77.